The molecule has 1 fully saturated rings. The Hall–Kier alpha value is -2.41. The quantitative estimate of drug-likeness (QED) is 0.591. The molecule has 2 aromatic rings. The van der Waals surface area contributed by atoms with Gasteiger partial charge in [-0.05, 0) is 51.3 Å². The Labute approximate surface area is 147 Å². The summed E-state index contributed by atoms with van der Waals surface area (Å²) in [6.45, 7) is 7.61. The molecule has 1 atom stereocenters. The zero-order valence-electron chi connectivity index (χ0n) is 14.9. The molecule has 7 nitrogen and oxygen atoms in total. The van der Waals surface area contributed by atoms with E-state index in [0.29, 0.717) is 30.7 Å². The van der Waals surface area contributed by atoms with Crippen LogP contribution in [0, 0.1) is 24.0 Å². The zero-order valence-corrected chi connectivity index (χ0v) is 14.9. The van der Waals surface area contributed by atoms with Crippen molar-refractivity contribution >= 4 is 5.69 Å². The second-order valence-electron chi connectivity index (χ2n) is 6.39. The second kappa shape index (κ2) is 7.23. The van der Waals surface area contributed by atoms with E-state index < -0.39 is 0 Å². The van der Waals surface area contributed by atoms with Gasteiger partial charge in [0.15, 0.2) is 0 Å². The Morgan fingerprint density at radius 3 is 2.64 bits per heavy atom. The van der Waals surface area contributed by atoms with E-state index in [0.717, 1.165) is 25.1 Å². The molecule has 134 valence electrons. The van der Waals surface area contributed by atoms with Crippen molar-refractivity contribution in [1.82, 2.24) is 14.7 Å². The van der Waals surface area contributed by atoms with Crippen LogP contribution in [0.25, 0.3) is 0 Å². The highest BCUT2D eigenvalue weighted by Crippen LogP contribution is 2.34. The van der Waals surface area contributed by atoms with Crippen LogP contribution in [0.15, 0.2) is 24.3 Å². The van der Waals surface area contributed by atoms with Crippen molar-refractivity contribution in [1.29, 1.82) is 0 Å². The molecule has 7 heteroatoms. The van der Waals surface area contributed by atoms with Crippen LogP contribution in [0.4, 0.5) is 5.69 Å². The molecule has 0 amide bonds. The van der Waals surface area contributed by atoms with Crippen LogP contribution in [0.1, 0.15) is 42.8 Å². The van der Waals surface area contributed by atoms with Crippen LogP contribution in [-0.4, -0.2) is 32.8 Å². The standard InChI is InChI=1S/C18H24N4O3/c1-4-25-16-9-7-15(8-10-16)17-6-5-11-20(17)12-21-14(3)18(22(23)24)13(2)19-21/h7-10,17H,4-6,11-12H2,1-3H3/t17-/m1/s1. The summed E-state index contributed by atoms with van der Waals surface area (Å²) in [5, 5.41) is 15.6. The van der Waals surface area contributed by atoms with Crippen LogP contribution >= 0.6 is 0 Å². The van der Waals surface area contributed by atoms with Crippen LogP contribution < -0.4 is 4.74 Å². The molecule has 0 unspecified atom stereocenters. The topological polar surface area (TPSA) is 73.4 Å². The summed E-state index contributed by atoms with van der Waals surface area (Å²) in [6, 6.07) is 8.53. The highest BCUT2D eigenvalue weighted by molar-refractivity contribution is 5.39. The second-order valence-corrected chi connectivity index (χ2v) is 6.39. The van der Waals surface area contributed by atoms with Gasteiger partial charge in [0.1, 0.15) is 17.1 Å². The number of ether oxygens (including phenoxy) is 1. The third-order valence-corrected chi connectivity index (χ3v) is 4.78. The van der Waals surface area contributed by atoms with E-state index in [9.17, 15) is 10.1 Å². The van der Waals surface area contributed by atoms with Gasteiger partial charge in [-0.15, -0.1) is 0 Å². The molecule has 0 bridgehead atoms. The SMILES string of the molecule is CCOc1ccc([C@H]2CCCN2Cn2nc(C)c([N+](=O)[O-])c2C)cc1. The smallest absolute Gasteiger partial charge is 0.312 e. The maximum atomic E-state index is 11.2. The molecule has 2 heterocycles. The van der Waals surface area contributed by atoms with Gasteiger partial charge in [-0.3, -0.25) is 15.0 Å². The lowest BCUT2D eigenvalue weighted by molar-refractivity contribution is -0.386. The van der Waals surface area contributed by atoms with Gasteiger partial charge in [0.2, 0.25) is 0 Å². The van der Waals surface area contributed by atoms with Gasteiger partial charge >= 0.3 is 5.69 Å². The third-order valence-electron chi connectivity index (χ3n) is 4.78. The number of nitro groups is 1. The normalized spacial score (nSPS) is 17.8. The summed E-state index contributed by atoms with van der Waals surface area (Å²) < 4.78 is 7.26. The molecule has 1 aromatic heterocycles. The number of nitrogens with zero attached hydrogens (tertiary/aromatic N) is 4. The predicted molar refractivity (Wildman–Crippen MR) is 94.6 cm³/mol. The van der Waals surface area contributed by atoms with Gasteiger partial charge in [-0.1, -0.05) is 12.1 Å². The largest absolute Gasteiger partial charge is 0.494 e. The fourth-order valence-electron chi connectivity index (χ4n) is 3.59. The van der Waals surface area contributed by atoms with Crippen molar-refractivity contribution in [2.24, 2.45) is 0 Å². The summed E-state index contributed by atoms with van der Waals surface area (Å²) >= 11 is 0. The number of hydrogen-bond donors (Lipinski definition) is 0. The molecular weight excluding hydrogens is 320 g/mol. The molecule has 3 rings (SSSR count). The maximum absolute atomic E-state index is 11.2. The van der Waals surface area contributed by atoms with Crippen LogP contribution in [0.2, 0.25) is 0 Å². The lowest BCUT2D eigenvalue weighted by Gasteiger charge is -2.25. The van der Waals surface area contributed by atoms with Crippen molar-refractivity contribution in [3.05, 3.63) is 51.3 Å². The summed E-state index contributed by atoms with van der Waals surface area (Å²) in [6.07, 6.45) is 2.19. The van der Waals surface area contributed by atoms with E-state index in [1.165, 1.54) is 5.56 Å². The Balaban J connectivity index is 1.78. The average molecular weight is 344 g/mol. The average Bonchev–Trinajstić information content (AvgIpc) is 3.13. The molecule has 1 aliphatic heterocycles. The van der Waals surface area contributed by atoms with E-state index in [1.807, 2.05) is 19.1 Å². The molecule has 1 saturated heterocycles. The van der Waals surface area contributed by atoms with Gasteiger partial charge in [0.05, 0.1) is 18.2 Å². The van der Waals surface area contributed by atoms with Crippen LogP contribution in [0.3, 0.4) is 0 Å². The Kier molecular flexibility index (Phi) is 5.03. The lowest BCUT2D eigenvalue weighted by atomic mass is 10.0. The van der Waals surface area contributed by atoms with Crippen molar-refractivity contribution in [3.8, 4) is 5.75 Å². The molecule has 0 aliphatic carbocycles. The van der Waals surface area contributed by atoms with Crippen LogP contribution in [-0.2, 0) is 6.67 Å². The number of aromatic nitrogens is 2. The summed E-state index contributed by atoms with van der Waals surface area (Å²) in [5.74, 6) is 0.880. The number of rotatable bonds is 6. The van der Waals surface area contributed by atoms with Gasteiger partial charge < -0.3 is 4.74 Å². The molecule has 0 saturated carbocycles. The minimum Gasteiger partial charge on any atom is -0.494 e. The number of aryl methyl sites for hydroxylation is 1. The molecule has 0 N–H and O–H groups in total. The number of likely N-dealkylation sites (tertiary alicyclic amines) is 1. The molecular formula is C18H24N4O3. The summed E-state index contributed by atoms with van der Waals surface area (Å²) in [7, 11) is 0. The van der Waals surface area contributed by atoms with E-state index in [2.05, 4.69) is 22.1 Å². The molecule has 0 spiro atoms. The van der Waals surface area contributed by atoms with E-state index in [4.69, 9.17) is 4.74 Å². The fraction of sp³-hybridized carbons (Fsp3) is 0.500. The Bertz CT molecular complexity index is 754. The zero-order chi connectivity index (χ0) is 18.0. The maximum Gasteiger partial charge on any atom is 0.312 e. The highest BCUT2D eigenvalue weighted by atomic mass is 16.6. The fourth-order valence-corrected chi connectivity index (χ4v) is 3.59. The van der Waals surface area contributed by atoms with Crippen LogP contribution in [0.5, 0.6) is 5.75 Å². The molecule has 1 aromatic carbocycles. The predicted octanol–water partition coefficient (Wildman–Crippen LogP) is 3.60. The highest BCUT2D eigenvalue weighted by Gasteiger charge is 2.29. The lowest BCUT2D eigenvalue weighted by Crippen LogP contribution is -2.27. The number of hydrogen-bond acceptors (Lipinski definition) is 5. The minimum atomic E-state index is -0.345. The Morgan fingerprint density at radius 1 is 1.32 bits per heavy atom. The molecule has 1 aliphatic rings. The minimum absolute atomic E-state index is 0.122. The van der Waals surface area contributed by atoms with Crippen molar-refractivity contribution in [2.75, 3.05) is 13.2 Å². The monoisotopic (exact) mass is 344 g/mol. The first-order valence-corrected chi connectivity index (χ1v) is 8.66. The molecule has 25 heavy (non-hydrogen) atoms. The van der Waals surface area contributed by atoms with Gasteiger partial charge in [0.25, 0.3) is 0 Å². The third kappa shape index (κ3) is 3.51. The van der Waals surface area contributed by atoms with Gasteiger partial charge in [-0.25, -0.2) is 4.68 Å². The van der Waals surface area contributed by atoms with E-state index in [-0.39, 0.29) is 10.6 Å². The first-order valence-electron chi connectivity index (χ1n) is 8.66. The van der Waals surface area contributed by atoms with E-state index >= 15 is 0 Å². The van der Waals surface area contributed by atoms with Crippen molar-refractivity contribution < 1.29 is 9.66 Å². The van der Waals surface area contributed by atoms with Crippen molar-refractivity contribution in [3.63, 3.8) is 0 Å². The first kappa shape index (κ1) is 17.4. The van der Waals surface area contributed by atoms with Gasteiger partial charge in [0, 0.05) is 12.6 Å². The summed E-state index contributed by atoms with van der Waals surface area (Å²) in [4.78, 5) is 13.2. The Morgan fingerprint density at radius 2 is 2.04 bits per heavy atom. The first-order chi connectivity index (χ1) is 12.0. The van der Waals surface area contributed by atoms with Crippen molar-refractivity contribution in [2.45, 2.75) is 46.3 Å². The summed E-state index contributed by atoms with van der Waals surface area (Å²) in [5.41, 5.74) is 2.45. The van der Waals surface area contributed by atoms with E-state index in [1.54, 1.807) is 18.5 Å². The van der Waals surface area contributed by atoms with Gasteiger partial charge in [-0.2, -0.15) is 5.10 Å². The molecule has 0 radical (unpaired) electrons. The number of benzene rings is 1.